The highest BCUT2D eigenvalue weighted by Crippen LogP contribution is 2.33. The van der Waals surface area contributed by atoms with Gasteiger partial charge in [0, 0.05) is 28.9 Å². The lowest BCUT2D eigenvalue weighted by Gasteiger charge is -2.10. The Morgan fingerprint density at radius 2 is 2.03 bits per heavy atom. The Bertz CT molecular complexity index is 1700. The van der Waals surface area contributed by atoms with E-state index in [0.717, 1.165) is 44.6 Å². The first-order valence-corrected chi connectivity index (χ1v) is 11.3. The molecule has 3 N–H and O–H groups in total. The highest BCUT2D eigenvalue weighted by atomic mass is 16.3. The third kappa shape index (κ3) is 3.99. The number of H-pyrrole nitrogens is 2. The number of nitrogens with zero attached hydrogens (tertiary/aromatic N) is 5. The molecule has 10 nitrogen and oxygen atoms in total. The lowest BCUT2D eigenvalue weighted by atomic mass is 10.1. The number of pyridine rings is 3. The molecule has 0 bridgehead atoms. The van der Waals surface area contributed by atoms with Crippen molar-refractivity contribution in [2.24, 2.45) is 0 Å². The van der Waals surface area contributed by atoms with Crippen molar-refractivity contribution in [1.82, 2.24) is 35.0 Å². The van der Waals surface area contributed by atoms with Crippen LogP contribution in [0.25, 0.3) is 55.8 Å². The summed E-state index contributed by atoms with van der Waals surface area (Å²) >= 11 is 0. The molecule has 0 fully saturated rings. The summed E-state index contributed by atoms with van der Waals surface area (Å²) in [6, 6.07) is 11.6. The average Bonchev–Trinajstić information content (AvgIpc) is 3.62. The summed E-state index contributed by atoms with van der Waals surface area (Å²) in [4.78, 5) is 31.0. The lowest BCUT2D eigenvalue weighted by Crippen LogP contribution is -2.27. The van der Waals surface area contributed by atoms with Gasteiger partial charge in [-0.15, -0.1) is 0 Å². The van der Waals surface area contributed by atoms with Crippen LogP contribution in [0, 0.1) is 0 Å². The fourth-order valence-electron chi connectivity index (χ4n) is 4.21. The molecule has 0 unspecified atom stereocenters. The topological polar surface area (TPSA) is 129 Å². The molecule has 6 aromatic heterocycles. The van der Waals surface area contributed by atoms with Crippen LogP contribution in [-0.2, 0) is 4.79 Å². The van der Waals surface area contributed by atoms with Crippen molar-refractivity contribution in [3.63, 3.8) is 0 Å². The van der Waals surface area contributed by atoms with Gasteiger partial charge in [0.1, 0.15) is 16.9 Å². The molecular weight excluding hydrogens is 456 g/mol. The average molecular weight is 479 g/mol. The van der Waals surface area contributed by atoms with E-state index in [1.54, 1.807) is 36.0 Å². The van der Waals surface area contributed by atoms with Crippen LogP contribution >= 0.6 is 0 Å². The predicted octanol–water partition coefficient (Wildman–Crippen LogP) is 4.32. The summed E-state index contributed by atoms with van der Waals surface area (Å²) in [5.74, 6) is -0.110. The number of rotatable bonds is 6. The second-order valence-corrected chi connectivity index (χ2v) is 8.73. The first-order chi connectivity index (χ1) is 17.5. The van der Waals surface area contributed by atoms with Gasteiger partial charge in [-0.2, -0.15) is 5.10 Å². The molecule has 10 heteroatoms. The molecule has 0 saturated carbocycles. The van der Waals surface area contributed by atoms with Gasteiger partial charge in [0.2, 0.25) is 5.91 Å². The number of nitrogens with one attached hydrogen (secondary N) is 3. The van der Waals surface area contributed by atoms with Crippen molar-refractivity contribution >= 4 is 33.7 Å². The van der Waals surface area contributed by atoms with E-state index in [-0.39, 0.29) is 12.5 Å². The summed E-state index contributed by atoms with van der Waals surface area (Å²) in [6.45, 7) is 0.286. The van der Waals surface area contributed by atoms with Crippen LogP contribution in [0.3, 0.4) is 0 Å². The minimum absolute atomic E-state index is 0.110. The standard InChI is InChI=1S/C26H22N8O2/c1-34(2)13-23(35)29-17-9-16(11-27-12-17)20-3-4-21-24(30-20)25(33-32-21)22-10-19-18(15-6-8-36-14-15)5-7-28-26(19)31-22/h3-12,14H,13H2,1-2H3,(H,28,31)(H,29,35)(H,32,33). The zero-order valence-electron chi connectivity index (χ0n) is 19.6. The number of furan rings is 1. The van der Waals surface area contributed by atoms with Gasteiger partial charge in [0.05, 0.1) is 47.9 Å². The Balaban J connectivity index is 1.38. The third-order valence-corrected chi connectivity index (χ3v) is 5.80. The van der Waals surface area contributed by atoms with Gasteiger partial charge in [0.15, 0.2) is 0 Å². The molecule has 0 saturated heterocycles. The molecule has 0 aliphatic rings. The zero-order chi connectivity index (χ0) is 24.6. The number of anilines is 1. The lowest BCUT2D eigenvalue weighted by molar-refractivity contribution is -0.116. The van der Waals surface area contributed by atoms with Gasteiger partial charge in [-0.05, 0) is 56.1 Å². The number of carbonyl (C=O) groups is 1. The largest absolute Gasteiger partial charge is 0.472 e. The second kappa shape index (κ2) is 8.75. The van der Waals surface area contributed by atoms with Crippen molar-refractivity contribution in [2.75, 3.05) is 26.0 Å². The van der Waals surface area contributed by atoms with E-state index >= 15 is 0 Å². The van der Waals surface area contributed by atoms with E-state index in [4.69, 9.17) is 9.40 Å². The molecule has 1 amide bonds. The van der Waals surface area contributed by atoms with Crippen LogP contribution in [0.15, 0.2) is 71.9 Å². The zero-order valence-corrected chi connectivity index (χ0v) is 19.6. The maximum atomic E-state index is 12.2. The smallest absolute Gasteiger partial charge is 0.238 e. The van der Waals surface area contributed by atoms with Gasteiger partial charge in [0.25, 0.3) is 0 Å². The van der Waals surface area contributed by atoms with E-state index in [1.165, 1.54) is 0 Å². The number of hydrogen-bond donors (Lipinski definition) is 3. The first-order valence-electron chi connectivity index (χ1n) is 11.3. The number of aromatic nitrogens is 6. The molecular formula is C26H22N8O2. The number of carbonyl (C=O) groups excluding carboxylic acids is 1. The molecule has 0 spiro atoms. The van der Waals surface area contributed by atoms with E-state index in [1.807, 2.05) is 50.5 Å². The molecule has 178 valence electrons. The van der Waals surface area contributed by atoms with Crippen LogP contribution in [0.5, 0.6) is 0 Å². The van der Waals surface area contributed by atoms with Crippen molar-refractivity contribution < 1.29 is 9.21 Å². The van der Waals surface area contributed by atoms with Gasteiger partial charge in [-0.25, -0.2) is 9.97 Å². The molecule has 6 heterocycles. The minimum atomic E-state index is -0.110. The SMILES string of the molecule is CN(C)CC(=O)Nc1cncc(-c2ccc3[nH]nc(-c4cc5c(-c6ccoc6)ccnc5[nH]4)c3n2)c1. The summed E-state index contributed by atoms with van der Waals surface area (Å²) < 4.78 is 5.27. The third-order valence-electron chi connectivity index (χ3n) is 5.80. The molecule has 0 radical (unpaired) electrons. The van der Waals surface area contributed by atoms with Gasteiger partial charge in [-0.1, -0.05) is 0 Å². The van der Waals surface area contributed by atoms with E-state index in [0.29, 0.717) is 16.9 Å². The van der Waals surface area contributed by atoms with E-state index in [9.17, 15) is 4.79 Å². The van der Waals surface area contributed by atoms with E-state index < -0.39 is 0 Å². The van der Waals surface area contributed by atoms with Crippen LogP contribution in [0.2, 0.25) is 0 Å². The Morgan fingerprint density at radius 3 is 2.86 bits per heavy atom. The number of likely N-dealkylation sites (N-methyl/N-ethyl adjacent to an activating group) is 1. The van der Waals surface area contributed by atoms with Gasteiger partial charge >= 0.3 is 0 Å². The Labute approximate surface area is 205 Å². The highest BCUT2D eigenvalue weighted by Gasteiger charge is 2.16. The molecule has 0 aliphatic carbocycles. The Hall–Kier alpha value is -4.83. The maximum Gasteiger partial charge on any atom is 0.238 e. The Kier molecular flexibility index (Phi) is 5.27. The summed E-state index contributed by atoms with van der Waals surface area (Å²) in [5, 5.41) is 11.4. The second-order valence-electron chi connectivity index (χ2n) is 8.73. The Morgan fingerprint density at radius 1 is 1.11 bits per heavy atom. The molecule has 6 aromatic rings. The molecule has 36 heavy (non-hydrogen) atoms. The normalized spacial score (nSPS) is 11.5. The fourth-order valence-corrected chi connectivity index (χ4v) is 4.21. The van der Waals surface area contributed by atoms with Crippen molar-refractivity contribution in [1.29, 1.82) is 0 Å². The first kappa shape index (κ1) is 21.7. The van der Waals surface area contributed by atoms with Crippen LogP contribution in [0.1, 0.15) is 0 Å². The molecule has 0 aliphatic heterocycles. The van der Waals surface area contributed by atoms with E-state index in [2.05, 4.69) is 30.5 Å². The van der Waals surface area contributed by atoms with Crippen molar-refractivity contribution in [2.45, 2.75) is 0 Å². The number of aromatic amines is 2. The van der Waals surface area contributed by atoms with Crippen molar-refractivity contribution in [3.8, 4) is 33.8 Å². The molecule has 6 rings (SSSR count). The molecule has 0 aromatic carbocycles. The number of amides is 1. The van der Waals surface area contributed by atoms with Crippen molar-refractivity contribution in [3.05, 3.63) is 67.5 Å². The van der Waals surface area contributed by atoms with Gasteiger partial charge in [-0.3, -0.25) is 14.9 Å². The summed E-state index contributed by atoms with van der Waals surface area (Å²) in [5.41, 5.74) is 7.86. The monoisotopic (exact) mass is 478 g/mol. The summed E-state index contributed by atoms with van der Waals surface area (Å²) in [6.07, 6.45) is 8.47. The number of hydrogen-bond acceptors (Lipinski definition) is 7. The van der Waals surface area contributed by atoms with Crippen LogP contribution in [0.4, 0.5) is 5.69 Å². The highest BCUT2D eigenvalue weighted by molar-refractivity contribution is 5.99. The molecule has 0 atom stereocenters. The van der Waals surface area contributed by atoms with Crippen LogP contribution in [-0.4, -0.2) is 61.6 Å². The minimum Gasteiger partial charge on any atom is -0.472 e. The fraction of sp³-hybridized carbons (Fsp3) is 0.115. The summed E-state index contributed by atoms with van der Waals surface area (Å²) in [7, 11) is 3.69. The van der Waals surface area contributed by atoms with Crippen LogP contribution < -0.4 is 5.32 Å². The van der Waals surface area contributed by atoms with Gasteiger partial charge < -0.3 is 19.6 Å². The quantitative estimate of drug-likeness (QED) is 0.325. The predicted molar refractivity (Wildman–Crippen MR) is 137 cm³/mol. The maximum absolute atomic E-state index is 12.2. The number of fused-ring (bicyclic) bond motifs is 2.